The van der Waals surface area contributed by atoms with E-state index in [1.54, 1.807) is 18.5 Å². The van der Waals surface area contributed by atoms with Gasteiger partial charge in [-0.05, 0) is 36.7 Å². The second kappa shape index (κ2) is 4.75. The van der Waals surface area contributed by atoms with Crippen LogP contribution in [-0.4, -0.2) is 19.8 Å². The first-order valence-corrected chi connectivity index (χ1v) is 6.90. The number of aromatic nitrogens is 3. The second-order valence-electron chi connectivity index (χ2n) is 4.15. The molecule has 6 heteroatoms. The molecule has 0 fully saturated rings. The number of halogens is 1. The van der Waals surface area contributed by atoms with Crippen molar-refractivity contribution in [3.63, 3.8) is 0 Å². The minimum Gasteiger partial charge on any atom is -0.323 e. The Bertz CT molecular complexity index is 762. The summed E-state index contributed by atoms with van der Waals surface area (Å²) in [6.45, 7) is 2.64. The Morgan fingerprint density at radius 2 is 2.26 bits per heavy atom. The molecule has 3 aromatic heterocycles. The number of rotatable bonds is 3. The molecule has 0 saturated heterocycles. The van der Waals surface area contributed by atoms with E-state index in [0.717, 1.165) is 21.7 Å². The first-order chi connectivity index (χ1) is 9.15. The van der Waals surface area contributed by atoms with Gasteiger partial charge in [-0.15, -0.1) is 11.3 Å². The average Bonchev–Trinajstić information content (AvgIpc) is 2.96. The molecule has 4 nitrogen and oxygen atoms in total. The number of imidazole rings is 1. The van der Waals surface area contributed by atoms with Gasteiger partial charge in [0.25, 0.3) is 5.24 Å². The molecule has 3 heterocycles. The van der Waals surface area contributed by atoms with Gasteiger partial charge in [0.2, 0.25) is 0 Å². The zero-order valence-electron chi connectivity index (χ0n) is 10.1. The molecule has 3 aromatic rings. The number of carbonyl (C=O) groups is 1. The van der Waals surface area contributed by atoms with Crippen LogP contribution in [0.4, 0.5) is 0 Å². The van der Waals surface area contributed by atoms with Crippen LogP contribution in [0.3, 0.4) is 0 Å². The molecule has 0 aromatic carbocycles. The van der Waals surface area contributed by atoms with Crippen LogP contribution in [0, 0.1) is 6.92 Å². The fourth-order valence-corrected chi connectivity index (χ4v) is 3.03. The van der Waals surface area contributed by atoms with Crippen LogP contribution in [0.2, 0.25) is 0 Å². The maximum atomic E-state index is 11.1. The zero-order chi connectivity index (χ0) is 13.4. The SMILES string of the molecule is Cc1nc2cnccc2n1Cc1ccc(C(=O)Cl)s1. The molecule has 0 aliphatic carbocycles. The molecule has 0 bridgehead atoms. The molecule has 0 spiro atoms. The Balaban J connectivity index is 2.00. The Morgan fingerprint density at radius 1 is 1.42 bits per heavy atom. The van der Waals surface area contributed by atoms with Crippen molar-refractivity contribution in [2.24, 2.45) is 0 Å². The van der Waals surface area contributed by atoms with Gasteiger partial charge in [-0.1, -0.05) is 0 Å². The number of thiophene rings is 1. The van der Waals surface area contributed by atoms with E-state index in [0.29, 0.717) is 11.4 Å². The molecule has 0 aliphatic heterocycles. The van der Waals surface area contributed by atoms with Crippen molar-refractivity contribution >= 4 is 39.2 Å². The fraction of sp³-hybridized carbons (Fsp3) is 0.154. The molecule has 0 atom stereocenters. The lowest BCUT2D eigenvalue weighted by Gasteiger charge is -2.04. The van der Waals surface area contributed by atoms with E-state index in [1.807, 2.05) is 19.1 Å². The molecule has 3 rings (SSSR count). The molecule has 0 N–H and O–H groups in total. The third-order valence-corrected chi connectivity index (χ3v) is 4.30. The van der Waals surface area contributed by atoms with E-state index in [4.69, 9.17) is 11.6 Å². The lowest BCUT2D eigenvalue weighted by Crippen LogP contribution is -2.00. The summed E-state index contributed by atoms with van der Waals surface area (Å²) in [5, 5.41) is -0.410. The van der Waals surface area contributed by atoms with Gasteiger partial charge in [-0.2, -0.15) is 0 Å². The number of hydrogen-bond donors (Lipinski definition) is 0. The van der Waals surface area contributed by atoms with Crippen molar-refractivity contribution < 1.29 is 4.79 Å². The predicted molar refractivity (Wildman–Crippen MR) is 75.9 cm³/mol. The topological polar surface area (TPSA) is 47.8 Å². The van der Waals surface area contributed by atoms with Gasteiger partial charge >= 0.3 is 0 Å². The normalized spacial score (nSPS) is 11.1. The van der Waals surface area contributed by atoms with E-state index in [9.17, 15) is 4.79 Å². The van der Waals surface area contributed by atoms with Gasteiger partial charge in [-0.25, -0.2) is 4.98 Å². The number of fused-ring (bicyclic) bond motifs is 1. The Hall–Kier alpha value is -1.72. The van der Waals surface area contributed by atoms with Crippen LogP contribution in [-0.2, 0) is 6.54 Å². The number of pyridine rings is 1. The molecule has 0 radical (unpaired) electrons. The summed E-state index contributed by atoms with van der Waals surface area (Å²) in [6, 6.07) is 5.62. The molecular weight excluding hydrogens is 282 g/mol. The van der Waals surface area contributed by atoms with Crippen molar-refractivity contribution in [3.8, 4) is 0 Å². The number of aryl methyl sites for hydroxylation is 1. The van der Waals surface area contributed by atoms with Crippen molar-refractivity contribution in [1.29, 1.82) is 0 Å². The first kappa shape index (κ1) is 12.3. The molecule has 0 saturated carbocycles. The van der Waals surface area contributed by atoms with Gasteiger partial charge in [0.05, 0.1) is 23.1 Å². The van der Waals surface area contributed by atoms with Gasteiger partial charge in [0, 0.05) is 11.1 Å². The van der Waals surface area contributed by atoms with Crippen LogP contribution < -0.4 is 0 Å². The fourth-order valence-electron chi connectivity index (χ4n) is 2.03. The summed E-state index contributed by atoms with van der Waals surface area (Å²) in [7, 11) is 0. The summed E-state index contributed by atoms with van der Waals surface area (Å²) in [4.78, 5) is 21.3. The highest BCUT2D eigenvalue weighted by Gasteiger charge is 2.10. The Morgan fingerprint density at radius 3 is 3.00 bits per heavy atom. The largest absolute Gasteiger partial charge is 0.323 e. The van der Waals surface area contributed by atoms with Crippen molar-refractivity contribution in [2.45, 2.75) is 13.5 Å². The van der Waals surface area contributed by atoms with E-state index >= 15 is 0 Å². The number of nitrogens with zero attached hydrogens (tertiary/aromatic N) is 3. The third-order valence-electron chi connectivity index (χ3n) is 2.91. The molecular formula is C13H10ClN3OS. The number of hydrogen-bond acceptors (Lipinski definition) is 4. The number of carbonyl (C=O) groups excluding carboxylic acids is 1. The average molecular weight is 292 g/mol. The van der Waals surface area contributed by atoms with E-state index in [1.165, 1.54) is 11.3 Å². The monoisotopic (exact) mass is 291 g/mol. The standard InChI is InChI=1S/C13H10ClN3OS/c1-8-16-10-6-15-5-4-11(10)17(8)7-9-2-3-12(19-9)13(14)18/h2-6H,7H2,1H3. The van der Waals surface area contributed by atoms with Gasteiger partial charge in [0.15, 0.2) is 0 Å². The Labute approximate surface area is 118 Å². The van der Waals surface area contributed by atoms with Crippen LogP contribution in [0.5, 0.6) is 0 Å². The Kier molecular flexibility index (Phi) is 3.08. The third kappa shape index (κ3) is 2.27. The summed E-state index contributed by atoms with van der Waals surface area (Å²) >= 11 is 6.88. The summed E-state index contributed by atoms with van der Waals surface area (Å²) < 4.78 is 2.10. The van der Waals surface area contributed by atoms with E-state index in [2.05, 4.69) is 14.5 Å². The van der Waals surface area contributed by atoms with Crippen LogP contribution in [0.1, 0.15) is 20.4 Å². The minimum atomic E-state index is -0.410. The molecule has 0 aliphatic rings. The molecule has 96 valence electrons. The van der Waals surface area contributed by atoms with Crippen LogP contribution in [0.15, 0.2) is 30.6 Å². The minimum absolute atomic E-state index is 0.410. The summed E-state index contributed by atoms with van der Waals surface area (Å²) in [5.41, 5.74) is 1.92. The smallest absolute Gasteiger partial charge is 0.262 e. The zero-order valence-corrected chi connectivity index (χ0v) is 11.7. The van der Waals surface area contributed by atoms with Crippen molar-refractivity contribution in [3.05, 3.63) is 46.2 Å². The van der Waals surface area contributed by atoms with Gasteiger partial charge < -0.3 is 4.57 Å². The van der Waals surface area contributed by atoms with Gasteiger partial charge in [0.1, 0.15) is 11.3 Å². The summed E-state index contributed by atoms with van der Waals surface area (Å²) in [5.74, 6) is 0.926. The molecule has 19 heavy (non-hydrogen) atoms. The van der Waals surface area contributed by atoms with E-state index < -0.39 is 5.24 Å². The van der Waals surface area contributed by atoms with Crippen molar-refractivity contribution in [2.75, 3.05) is 0 Å². The van der Waals surface area contributed by atoms with Gasteiger partial charge in [-0.3, -0.25) is 9.78 Å². The van der Waals surface area contributed by atoms with E-state index in [-0.39, 0.29) is 0 Å². The van der Waals surface area contributed by atoms with Crippen molar-refractivity contribution in [1.82, 2.24) is 14.5 Å². The second-order valence-corrected chi connectivity index (χ2v) is 5.66. The summed E-state index contributed by atoms with van der Waals surface area (Å²) in [6.07, 6.45) is 3.50. The quantitative estimate of drug-likeness (QED) is 0.696. The highest BCUT2D eigenvalue weighted by molar-refractivity contribution is 7.15. The molecule has 0 amide bonds. The lowest BCUT2D eigenvalue weighted by atomic mass is 10.4. The maximum absolute atomic E-state index is 11.1. The van der Waals surface area contributed by atoms with Crippen LogP contribution in [0.25, 0.3) is 11.0 Å². The molecule has 0 unspecified atom stereocenters. The maximum Gasteiger partial charge on any atom is 0.262 e. The predicted octanol–water partition coefficient (Wildman–Crippen LogP) is 3.23. The highest BCUT2D eigenvalue weighted by atomic mass is 35.5. The highest BCUT2D eigenvalue weighted by Crippen LogP contribution is 2.22. The lowest BCUT2D eigenvalue weighted by molar-refractivity contribution is 0.108. The first-order valence-electron chi connectivity index (χ1n) is 5.70. The van der Waals surface area contributed by atoms with Crippen LogP contribution >= 0.6 is 22.9 Å².